The summed E-state index contributed by atoms with van der Waals surface area (Å²) in [6.07, 6.45) is 0.168. The minimum absolute atomic E-state index is 0.168. The molecule has 30 heavy (non-hydrogen) atoms. The SMILES string of the molecule is O=C(O)[C@H](CO)NC(=O)[C@H](Cc1cccc2ccccc12)NC(=O)N1CCOCC1. The fourth-order valence-corrected chi connectivity index (χ4v) is 3.36. The molecular formula is C21H25N3O6. The molecule has 4 N–H and O–H groups in total. The number of aliphatic hydroxyl groups excluding tert-OH is 1. The number of carboxylic acids is 1. The molecule has 1 aliphatic heterocycles. The summed E-state index contributed by atoms with van der Waals surface area (Å²) in [5.74, 6) is -2.03. The van der Waals surface area contributed by atoms with Crippen LogP contribution in [0.3, 0.4) is 0 Å². The van der Waals surface area contributed by atoms with Gasteiger partial charge in [0.2, 0.25) is 5.91 Å². The Balaban J connectivity index is 1.83. The smallest absolute Gasteiger partial charge is 0.328 e. The molecule has 2 atom stereocenters. The molecule has 9 nitrogen and oxygen atoms in total. The number of carbonyl (C=O) groups is 3. The van der Waals surface area contributed by atoms with E-state index in [0.717, 1.165) is 16.3 Å². The molecule has 0 aromatic heterocycles. The average molecular weight is 415 g/mol. The summed E-state index contributed by atoms with van der Waals surface area (Å²) in [7, 11) is 0. The summed E-state index contributed by atoms with van der Waals surface area (Å²) in [5.41, 5.74) is 0.839. The number of ether oxygens (including phenoxy) is 1. The number of amides is 3. The molecule has 2 aromatic carbocycles. The second-order valence-corrected chi connectivity index (χ2v) is 7.03. The van der Waals surface area contributed by atoms with Crippen LogP contribution < -0.4 is 10.6 Å². The van der Waals surface area contributed by atoms with Gasteiger partial charge in [0, 0.05) is 19.5 Å². The number of rotatable bonds is 7. The van der Waals surface area contributed by atoms with E-state index in [2.05, 4.69) is 10.6 Å². The van der Waals surface area contributed by atoms with E-state index in [9.17, 15) is 19.5 Å². The van der Waals surface area contributed by atoms with Crippen LogP contribution in [0.25, 0.3) is 10.8 Å². The third-order valence-corrected chi connectivity index (χ3v) is 5.01. The Bertz CT molecular complexity index is 907. The van der Waals surface area contributed by atoms with Crippen molar-refractivity contribution in [3.63, 3.8) is 0 Å². The maximum Gasteiger partial charge on any atom is 0.328 e. The second kappa shape index (κ2) is 10.0. The first kappa shape index (κ1) is 21.5. The summed E-state index contributed by atoms with van der Waals surface area (Å²) in [6, 6.07) is 10.5. The Morgan fingerprint density at radius 2 is 1.70 bits per heavy atom. The number of aliphatic hydroxyl groups is 1. The number of aliphatic carboxylic acids is 1. The van der Waals surface area contributed by atoms with E-state index < -0.39 is 36.6 Å². The number of hydrogen-bond acceptors (Lipinski definition) is 5. The standard InChI is InChI=1S/C21H25N3O6/c25-13-18(20(27)28)22-19(26)17(23-21(29)24-8-10-30-11-9-24)12-15-6-3-5-14-4-1-2-7-16(14)15/h1-7,17-18,25H,8-13H2,(H,22,26)(H,23,29)(H,27,28)/t17-,18-/m0/s1. The van der Waals surface area contributed by atoms with Gasteiger partial charge in [-0.15, -0.1) is 0 Å². The highest BCUT2D eigenvalue weighted by molar-refractivity contribution is 5.92. The van der Waals surface area contributed by atoms with Gasteiger partial charge in [0.05, 0.1) is 19.8 Å². The topological polar surface area (TPSA) is 128 Å². The quantitative estimate of drug-likeness (QED) is 0.517. The lowest BCUT2D eigenvalue weighted by molar-refractivity contribution is -0.143. The van der Waals surface area contributed by atoms with Crippen LogP contribution >= 0.6 is 0 Å². The van der Waals surface area contributed by atoms with E-state index in [0.29, 0.717) is 26.3 Å². The highest BCUT2D eigenvalue weighted by Crippen LogP contribution is 2.20. The zero-order chi connectivity index (χ0) is 21.5. The second-order valence-electron chi connectivity index (χ2n) is 7.03. The van der Waals surface area contributed by atoms with Crippen LogP contribution in [0.1, 0.15) is 5.56 Å². The number of carboxylic acid groups (broad SMARTS) is 1. The molecule has 1 fully saturated rings. The van der Waals surface area contributed by atoms with Crippen molar-refractivity contribution < 1.29 is 29.3 Å². The van der Waals surface area contributed by atoms with E-state index in [1.54, 1.807) is 4.90 Å². The third kappa shape index (κ3) is 5.25. The van der Waals surface area contributed by atoms with Crippen LogP contribution in [0.2, 0.25) is 0 Å². The van der Waals surface area contributed by atoms with Gasteiger partial charge in [0.25, 0.3) is 0 Å². The Hall–Kier alpha value is -3.17. The van der Waals surface area contributed by atoms with E-state index in [4.69, 9.17) is 9.84 Å². The predicted octanol–water partition coefficient (Wildman–Crippen LogP) is 0.354. The number of benzene rings is 2. The van der Waals surface area contributed by atoms with Gasteiger partial charge < -0.3 is 30.5 Å². The first-order chi connectivity index (χ1) is 14.5. The van der Waals surface area contributed by atoms with E-state index in [1.807, 2.05) is 42.5 Å². The van der Waals surface area contributed by atoms with Gasteiger partial charge >= 0.3 is 12.0 Å². The number of nitrogens with zero attached hydrogens (tertiary/aromatic N) is 1. The zero-order valence-corrected chi connectivity index (χ0v) is 16.4. The van der Waals surface area contributed by atoms with Crippen LogP contribution in [0, 0.1) is 0 Å². The van der Waals surface area contributed by atoms with Crippen LogP contribution in [0.4, 0.5) is 4.79 Å². The molecule has 9 heteroatoms. The van der Waals surface area contributed by atoms with Crippen LogP contribution in [0.5, 0.6) is 0 Å². The Morgan fingerprint density at radius 1 is 1.00 bits per heavy atom. The number of fused-ring (bicyclic) bond motifs is 1. The maximum atomic E-state index is 12.8. The maximum absolute atomic E-state index is 12.8. The molecule has 0 bridgehead atoms. The van der Waals surface area contributed by atoms with E-state index in [-0.39, 0.29) is 6.42 Å². The zero-order valence-electron chi connectivity index (χ0n) is 16.4. The molecule has 0 radical (unpaired) electrons. The van der Waals surface area contributed by atoms with Gasteiger partial charge in [-0.1, -0.05) is 42.5 Å². The van der Waals surface area contributed by atoms with Crippen molar-refractivity contribution in [2.45, 2.75) is 18.5 Å². The van der Waals surface area contributed by atoms with Crippen molar-refractivity contribution in [3.8, 4) is 0 Å². The molecule has 160 valence electrons. The lowest BCUT2D eigenvalue weighted by Crippen LogP contribution is -2.56. The molecule has 2 aromatic rings. The van der Waals surface area contributed by atoms with Crippen molar-refractivity contribution >= 4 is 28.7 Å². The summed E-state index contributed by atoms with van der Waals surface area (Å²) in [5, 5.41) is 25.3. The minimum Gasteiger partial charge on any atom is -0.480 e. The lowest BCUT2D eigenvalue weighted by Gasteiger charge is -2.29. The lowest BCUT2D eigenvalue weighted by atomic mass is 9.98. The van der Waals surface area contributed by atoms with Crippen molar-refractivity contribution in [2.24, 2.45) is 0 Å². The Kier molecular flexibility index (Phi) is 7.21. The average Bonchev–Trinajstić information content (AvgIpc) is 2.77. The molecule has 0 aliphatic carbocycles. The summed E-state index contributed by atoms with van der Waals surface area (Å²) in [6.45, 7) is 0.892. The van der Waals surface area contributed by atoms with Crippen molar-refractivity contribution in [1.29, 1.82) is 0 Å². The van der Waals surface area contributed by atoms with Crippen molar-refractivity contribution in [2.75, 3.05) is 32.9 Å². The highest BCUT2D eigenvalue weighted by Gasteiger charge is 2.28. The molecule has 3 amide bonds. The number of carbonyl (C=O) groups excluding carboxylic acids is 2. The van der Waals surface area contributed by atoms with Gasteiger partial charge in [0.1, 0.15) is 12.1 Å². The first-order valence-corrected chi connectivity index (χ1v) is 9.73. The molecule has 1 heterocycles. The fraction of sp³-hybridized carbons (Fsp3) is 0.381. The van der Waals surface area contributed by atoms with Crippen LogP contribution in [-0.4, -0.2) is 78.0 Å². The van der Waals surface area contributed by atoms with Gasteiger partial charge in [-0.2, -0.15) is 0 Å². The van der Waals surface area contributed by atoms with Gasteiger partial charge in [0.15, 0.2) is 0 Å². The highest BCUT2D eigenvalue weighted by atomic mass is 16.5. The first-order valence-electron chi connectivity index (χ1n) is 9.73. The summed E-state index contributed by atoms with van der Waals surface area (Å²) < 4.78 is 5.25. The molecule has 0 spiro atoms. The molecule has 0 saturated carbocycles. The number of nitrogens with one attached hydrogen (secondary N) is 2. The largest absolute Gasteiger partial charge is 0.480 e. The molecule has 1 saturated heterocycles. The number of morpholine rings is 1. The van der Waals surface area contributed by atoms with Gasteiger partial charge in [-0.3, -0.25) is 4.79 Å². The van der Waals surface area contributed by atoms with Gasteiger partial charge in [-0.25, -0.2) is 9.59 Å². The van der Waals surface area contributed by atoms with E-state index in [1.165, 1.54) is 0 Å². The fourth-order valence-electron chi connectivity index (χ4n) is 3.36. The normalized spacial score (nSPS) is 16.0. The van der Waals surface area contributed by atoms with E-state index >= 15 is 0 Å². The van der Waals surface area contributed by atoms with Crippen molar-refractivity contribution in [1.82, 2.24) is 15.5 Å². The third-order valence-electron chi connectivity index (χ3n) is 5.01. The minimum atomic E-state index is -1.45. The number of hydrogen-bond donors (Lipinski definition) is 4. The molecule has 1 aliphatic rings. The molecule has 3 rings (SSSR count). The Labute approximate surface area is 173 Å². The number of urea groups is 1. The van der Waals surface area contributed by atoms with Crippen LogP contribution in [0.15, 0.2) is 42.5 Å². The van der Waals surface area contributed by atoms with Gasteiger partial charge in [-0.05, 0) is 16.3 Å². The Morgan fingerprint density at radius 3 is 2.40 bits per heavy atom. The van der Waals surface area contributed by atoms with Crippen molar-refractivity contribution in [3.05, 3.63) is 48.0 Å². The van der Waals surface area contributed by atoms with Crippen LogP contribution in [-0.2, 0) is 20.7 Å². The molecular weight excluding hydrogens is 390 g/mol. The molecule has 0 unspecified atom stereocenters. The summed E-state index contributed by atoms with van der Waals surface area (Å²) >= 11 is 0. The predicted molar refractivity (Wildman–Crippen MR) is 109 cm³/mol. The monoisotopic (exact) mass is 415 g/mol. The summed E-state index contributed by atoms with van der Waals surface area (Å²) in [4.78, 5) is 38.3.